The van der Waals surface area contributed by atoms with Crippen LogP contribution >= 0.6 is 11.3 Å². The van der Waals surface area contributed by atoms with Crippen LogP contribution in [0.4, 0.5) is 5.69 Å². The van der Waals surface area contributed by atoms with Gasteiger partial charge in [-0.3, -0.25) is 9.88 Å². The standard InChI is InChI=1S/C16H21N3S/c1-13-4-3-5-16(14(13)2)19-8-6-18(7-9-19)11-15-10-17-12-20-15/h3-5,10,12H,6-9,11H2,1-2H3. The van der Waals surface area contributed by atoms with Gasteiger partial charge in [-0.2, -0.15) is 0 Å². The molecule has 1 fully saturated rings. The third-order valence-corrected chi connectivity index (χ3v) is 4.92. The normalized spacial score (nSPS) is 16.6. The van der Waals surface area contributed by atoms with Crippen molar-refractivity contribution in [1.82, 2.24) is 9.88 Å². The highest BCUT2D eigenvalue weighted by Gasteiger charge is 2.19. The second kappa shape index (κ2) is 5.94. The fourth-order valence-corrected chi connectivity index (χ4v) is 3.40. The summed E-state index contributed by atoms with van der Waals surface area (Å²) in [5, 5.41) is 0. The van der Waals surface area contributed by atoms with Crippen molar-refractivity contribution in [3.8, 4) is 0 Å². The molecule has 2 aromatic rings. The molecular weight excluding hydrogens is 266 g/mol. The summed E-state index contributed by atoms with van der Waals surface area (Å²) in [5.74, 6) is 0. The minimum absolute atomic E-state index is 1.05. The zero-order valence-corrected chi connectivity index (χ0v) is 13.0. The lowest BCUT2D eigenvalue weighted by Gasteiger charge is -2.36. The number of hydrogen-bond acceptors (Lipinski definition) is 4. The van der Waals surface area contributed by atoms with Gasteiger partial charge in [-0.25, -0.2) is 0 Å². The first-order valence-corrected chi connectivity index (χ1v) is 8.03. The zero-order valence-electron chi connectivity index (χ0n) is 12.2. The highest BCUT2D eigenvalue weighted by Crippen LogP contribution is 2.24. The Balaban J connectivity index is 1.62. The molecule has 3 rings (SSSR count). The molecule has 20 heavy (non-hydrogen) atoms. The maximum atomic E-state index is 4.15. The predicted molar refractivity (Wildman–Crippen MR) is 85.5 cm³/mol. The van der Waals surface area contributed by atoms with Crippen molar-refractivity contribution >= 4 is 17.0 Å². The number of thiazole rings is 1. The van der Waals surface area contributed by atoms with Crippen LogP contribution in [-0.4, -0.2) is 36.1 Å². The third-order valence-electron chi connectivity index (χ3n) is 4.15. The average Bonchev–Trinajstić information content (AvgIpc) is 2.96. The average molecular weight is 287 g/mol. The number of anilines is 1. The van der Waals surface area contributed by atoms with Crippen LogP contribution in [0.1, 0.15) is 16.0 Å². The van der Waals surface area contributed by atoms with E-state index in [1.54, 1.807) is 11.3 Å². The SMILES string of the molecule is Cc1cccc(N2CCN(Cc3cncs3)CC2)c1C. The molecule has 0 aliphatic carbocycles. The fourth-order valence-electron chi connectivity index (χ4n) is 2.77. The second-order valence-corrected chi connectivity index (χ2v) is 6.42. The number of piperazine rings is 1. The van der Waals surface area contributed by atoms with E-state index in [-0.39, 0.29) is 0 Å². The van der Waals surface area contributed by atoms with Gasteiger partial charge in [0.15, 0.2) is 0 Å². The third kappa shape index (κ3) is 2.86. The summed E-state index contributed by atoms with van der Waals surface area (Å²) >= 11 is 1.75. The molecule has 0 saturated carbocycles. The lowest BCUT2D eigenvalue weighted by atomic mass is 10.1. The lowest BCUT2D eigenvalue weighted by molar-refractivity contribution is 0.251. The molecule has 1 aromatic carbocycles. The Hall–Kier alpha value is -1.39. The smallest absolute Gasteiger partial charge is 0.0794 e. The van der Waals surface area contributed by atoms with Crippen LogP contribution in [0, 0.1) is 13.8 Å². The molecule has 0 N–H and O–H groups in total. The van der Waals surface area contributed by atoms with Crippen molar-refractivity contribution in [1.29, 1.82) is 0 Å². The van der Waals surface area contributed by atoms with Gasteiger partial charge in [0, 0.05) is 49.5 Å². The number of rotatable bonds is 3. The quantitative estimate of drug-likeness (QED) is 0.865. The van der Waals surface area contributed by atoms with Gasteiger partial charge >= 0.3 is 0 Å². The molecule has 0 bridgehead atoms. The van der Waals surface area contributed by atoms with Crippen molar-refractivity contribution in [2.75, 3.05) is 31.1 Å². The van der Waals surface area contributed by atoms with E-state index in [1.807, 2.05) is 11.7 Å². The fraction of sp³-hybridized carbons (Fsp3) is 0.438. The van der Waals surface area contributed by atoms with E-state index < -0.39 is 0 Å². The molecule has 1 saturated heterocycles. The van der Waals surface area contributed by atoms with Crippen molar-refractivity contribution in [2.24, 2.45) is 0 Å². The molecular formula is C16H21N3S. The molecule has 1 aromatic heterocycles. The van der Waals surface area contributed by atoms with Gasteiger partial charge in [-0.15, -0.1) is 11.3 Å². The maximum Gasteiger partial charge on any atom is 0.0794 e. The Morgan fingerprint density at radius 3 is 2.65 bits per heavy atom. The minimum Gasteiger partial charge on any atom is -0.369 e. The predicted octanol–water partition coefficient (Wildman–Crippen LogP) is 3.08. The van der Waals surface area contributed by atoms with Crippen molar-refractivity contribution in [3.05, 3.63) is 45.9 Å². The van der Waals surface area contributed by atoms with E-state index in [4.69, 9.17) is 0 Å². The summed E-state index contributed by atoms with van der Waals surface area (Å²) in [6.07, 6.45) is 1.99. The van der Waals surface area contributed by atoms with Gasteiger partial charge in [-0.05, 0) is 31.0 Å². The van der Waals surface area contributed by atoms with Crippen molar-refractivity contribution < 1.29 is 0 Å². The van der Waals surface area contributed by atoms with Crippen molar-refractivity contribution in [3.63, 3.8) is 0 Å². The first kappa shape index (κ1) is 13.6. The Kier molecular flexibility index (Phi) is 4.03. The van der Waals surface area contributed by atoms with Gasteiger partial charge in [0.25, 0.3) is 0 Å². The molecule has 0 amide bonds. The molecule has 0 unspecified atom stereocenters. The van der Waals surface area contributed by atoms with E-state index in [0.29, 0.717) is 0 Å². The number of hydrogen-bond donors (Lipinski definition) is 0. The number of benzene rings is 1. The molecule has 1 aliphatic heterocycles. The van der Waals surface area contributed by atoms with Crippen LogP contribution in [0.3, 0.4) is 0 Å². The molecule has 0 atom stereocenters. The van der Waals surface area contributed by atoms with Crippen LogP contribution in [0.5, 0.6) is 0 Å². The molecule has 3 nitrogen and oxygen atoms in total. The molecule has 0 radical (unpaired) electrons. The molecule has 0 spiro atoms. The Morgan fingerprint density at radius 2 is 1.95 bits per heavy atom. The van der Waals surface area contributed by atoms with Gasteiger partial charge < -0.3 is 4.90 Å². The zero-order chi connectivity index (χ0) is 13.9. The number of aromatic nitrogens is 1. The van der Waals surface area contributed by atoms with E-state index in [9.17, 15) is 0 Å². The summed E-state index contributed by atoms with van der Waals surface area (Å²) in [4.78, 5) is 10.6. The number of aryl methyl sites for hydroxylation is 1. The largest absolute Gasteiger partial charge is 0.369 e. The molecule has 2 heterocycles. The topological polar surface area (TPSA) is 19.4 Å². The molecule has 4 heteroatoms. The van der Waals surface area contributed by atoms with Crippen LogP contribution in [-0.2, 0) is 6.54 Å². The summed E-state index contributed by atoms with van der Waals surface area (Å²) in [5.41, 5.74) is 6.13. The molecule has 106 valence electrons. The second-order valence-electron chi connectivity index (χ2n) is 5.45. The maximum absolute atomic E-state index is 4.15. The van der Waals surface area contributed by atoms with Gasteiger partial charge in [0.2, 0.25) is 0 Å². The van der Waals surface area contributed by atoms with Crippen LogP contribution in [0.2, 0.25) is 0 Å². The van der Waals surface area contributed by atoms with E-state index in [2.05, 4.69) is 46.8 Å². The van der Waals surface area contributed by atoms with E-state index >= 15 is 0 Å². The van der Waals surface area contributed by atoms with Crippen LogP contribution in [0.25, 0.3) is 0 Å². The summed E-state index contributed by atoms with van der Waals surface area (Å²) < 4.78 is 0. The van der Waals surface area contributed by atoms with Crippen LogP contribution < -0.4 is 4.90 Å². The highest BCUT2D eigenvalue weighted by atomic mass is 32.1. The Morgan fingerprint density at radius 1 is 1.15 bits per heavy atom. The Labute approximate surface area is 124 Å². The number of nitrogens with zero attached hydrogens (tertiary/aromatic N) is 3. The monoisotopic (exact) mass is 287 g/mol. The summed E-state index contributed by atoms with van der Waals surface area (Å²) in [7, 11) is 0. The van der Waals surface area contributed by atoms with Gasteiger partial charge in [-0.1, -0.05) is 12.1 Å². The van der Waals surface area contributed by atoms with Crippen LogP contribution in [0.15, 0.2) is 29.9 Å². The summed E-state index contributed by atoms with van der Waals surface area (Å²) in [6.45, 7) is 9.96. The highest BCUT2D eigenvalue weighted by molar-refractivity contribution is 7.09. The first-order valence-electron chi connectivity index (χ1n) is 7.15. The Bertz CT molecular complexity index is 557. The van der Waals surface area contributed by atoms with E-state index in [1.165, 1.54) is 21.7 Å². The lowest BCUT2D eigenvalue weighted by Crippen LogP contribution is -2.46. The van der Waals surface area contributed by atoms with E-state index in [0.717, 1.165) is 32.7 Å². The molecule has 1 aliphatic rings. The minimum atomic E-state index is 1.05. The first-order chi connectivity index (χ1) is 9.74. The van der Waals surface area contributed by atoms with Gasteiger partial charge in [0.1, 0.15) is 0 Å². The van der Waals surface area contributed by atoms with Gasteiger partial charge in [0.05, 0.1) is 5.51 Å². The van der Waals surface area contributed by atoms with Crippen molar-refractivity contribution in [2.45, 2.75) is 20.4 Å². The summed E-state index contributed by atoms with van der Waals surface area (Å²) in [6, 6.07) is 6.61.